The SMILES string of the molecule is COc1ccc(C(C)NCC2CCCCC2C)cc1Br. The summed E-state index contributed by atoms with van der Waals surface area (Å²) in [6.45, 7) is 5.77. The van der Waals surface area contributed by atoms with Crippen LogP contribution in [0.15, 0.2) is 22.7 Å². The Morgan fingerprint density at radius 3 is 2.75 bits per heavy atom. The van der Waals surface area contributed by atoms with Gasteiger partial charge in [-0.05, 0) is 65.4 Å². The molecule has 0 aromatic heterocycles. The van der Waals surface area contributed by atoms with Gasteiger partial charge in [0.05, 0.1) is 11.6 Å². The average Bonchev–Trinajstić information content (AvgIpc) is 2.46. The maximum absolute atomic E-state index is 5.28. The topological polar surface area (TPSA) is 21.3 Å². The monoisotopic (exact) mass is 339 g/mol. The molecule has 112 valence electrons. The van der Waals surface area contributed by atoms with Crippen LogP contribution in [0.4, 0.5) is 0 Å². The van der Waals surface area contributed by atoms with E-state index < -0.39 is 0 Å². The highest BCUT2D eigenvalue weighted by Crippen LogP contribution is 2.30. The van der Waals surface area contributed by atoms with Crippen molar-refractivity contribution in [2.45, 2.75) is 45.6 Å². The van der Waals surface area contributed by atoms with Gasteiger partial charge < -0.3 is 10.1 Å². The van der Waals surface area contributed by atoms with Crippen molar-refractivity contribution in [3.05, 3.63) is 28.2 Å². The molecule has 0 saturated heterocycles. The number of rotatable bonds is 5. The summed E-state index contributed by atoms with van der Waals surface area (Å²) < 4.78 is 6.31. The minimum Gasteiger partial charge on any atom is -0.496 e. The maximum atomic E-state index is 5.28. The zero-order valence-corrected chi connectivity index (χ0v) is 14.4. The van der Waals surface area contributed by atoms with Crippen LogP contribution in [0.3, 0.4) is 0 Å². The van der Waals surface area contributed by atoms with Gasteiger partial charge in [-0.2, -0.15) is 0 Å². The van der Waals surface area contributed by atoms with Crippen molar-refractivity contribution in [1.82, 2.24) is 5.32 Å². The van der Waals surface area contributed by atoms with Gasteiger partial charge in [-0.25, -0.2) is 0 Å². The number of hydrogen-bond donors (Lipinski definition) is 1. The fraction of sp³-hybridized carbons (Fsp3) is 0.647. The standard InChI is InChI=1S/C17H26BrNO/c1-12-6-4-5-7-15(12)11-19-13(2)14-8-9-17(20-3)16(18)10-14/h8-10,12-13,15,19H,4-7,11H2,1-3H3. The van der Waals surface area contributed by atoms with Gasteiger partial charge in [0.25, 0.3) is 0 Å². The van der Waals surface area contributed by atoms with E-state index in [9.17, 15) is 0 Å². The van der Waals surface area contributed by atoms with E-state index in [4.69, 9.17) is 4.74 Å². The molecule has 1 aliphatic rings. The van der Waals surface area contributed by atoms with E-state index in [1.54, 1.807) is 7.11 Å². The molecule has 0 aliphatic heterocycles. The summed E-state index contributed by atoms with van der Waals surface area (Å²) in [5.41, 5.74) is 1.31. The quantitative estimate of drug-likeness (QED) is 0.820. The first-order chi connectivity index (χ1) is 9.61. The molecule has 1 N–H and O–H groups in total. The fourth-order valence-corrected chi connectivity index (χ4v) is 3.65. The Hall–Kier alpha value is -0.540. The van der Waals surface area contributed by atoms with Crippen molar-refractivity contribution in [3.8, 4) is 5.75 Å². The summed E-state index contributed by atoms with van der Waals surface area (Å²) >= 11 is 3.56. The fourth-order valence-electron chi connectivity index (χ4n) is 3.09. The molecule has 1 aromatic carbocycles. The van der Waals surface area contributed by atoms with Gasteiger partial charge in [0.2, 0.25) is 0 Å². The Balaban J connectivity index is 1.91. The van der Waals surface area contributed by atoms with E-state index in [0.29, 0.717) is 6.04 Å². The molecule has 3 unspecified atom stereocenters. The lowest BCUT2D eigenvalue weighted by atomic mass is 9.80. The zero-order chi connectivity index (χ0) is 14.5. The second-order valence-electron chi connectivity index (χ2n) is 6.05. The molecule has 1 fully saturated rings. The summed E-state index contributed by atoms with van der Waals surface area (Å²) in [4.78, 5) is 0. The summed E-state index contributed by atoms with van der Waals surface area (Å²) in [7, 11) is 1.70. The van der Waals surface area contributed by atoms with Gasteiger partial charge in [-0.3, -0.25) is 0 Å². The number of methoxy groups -OCH3 is 1. The Morgan fingerprint density at radius 2 is 2.10 bits per heavy atom. The van der Waals surface area contributed by atoms with Crippen molar-refractivity contribution in [2.75, 3.05) is 13.7 Å². The Kier molecular flexibility index (Phi) is 5.91. The van der Waals surface area contributed by atoms with E-state index in [1.807, 2.05) is 6.07 Å². The number of halogens is 1. The highest BCUT2D eigenvalue weighted by Gasteiger charge is 2.21. The van der Waals surface area contributed by atoms with Gasteiger partial charge in [0.15, 0.2) is 0 Å². The van der Waals surface area contributed by atoms with Crippen molar-refractivity contribution >= 4 is 15.9 Å². The average molecular weight is 340 g/mol. The number of ether oxygens (including phenoxy) is 1. The highest BCUT2D eigenvalue weighted by molar-refractivity contribution is 9.10. The third-order valence-electron chi connectivity index (χ3n) is 4.65. The lowest BCUT2D eigenvalue weighted by Crippen LogP contribution is -2.31. The van der Waals surface area contributed by atoms with Crippen LogP contribution >= 0.6 is 15.9 Å². The molecule has 0 heterocycles. The van der Waals surface area contributed by atoms with Crippen LogP contribution in [0.5, 0.6) is 5.75 Å². The first-order valence-corrected chi connectivity index (χ1v) is 8.48. The molecule has 1 aromatic rings. The number of hydrogen-bond acceptors (Lipinski definition) is 2. The predicted octanol–water partition coefficient (Wildman–Crippen LogP) is 4.93. The summed E-state index contributed by atoms with van der Waals surface area (Å²) in [6.07, 6.45) is 5.60. The van der Waals surface area contributed by atoms with Crippen LogP contribution in [0.25, 0.3) is 0 Å². The second kappa shape index (κ2) is 7.46. The molecule has 20 heavy (non-hydrogen) atoms. The summed E-state index contributed by atoms with van der Waals surface area (Å²) in [6, 6.07) is 6.71. The van der Waals surface area contributed by atoms with Crippen LogP contribution < -0.4 is 10.1 Å². The van der Waals surface area contributed by atoms with Crippen LogP contribution in [0, 0.1) is 11.8 Å². The van der Waals surface area contributed by atoms with E-state index in [0.717, 1.165) is 28.6 Å². The largest absolute Gasteiger partial charge is 0.496 e. The lowest BCUT2D eigenvalue weighted by Gasteiger charge is -2.30. The van der Waals surface area contributed by atoms with Crippen molar-refractivity contribution in [1.29, 1.82) is 0 Å². The van der Waals surface area contributed by atoms with E-state index in [2.05, 4.69) is 47.2 Å². The lowest BCUT2D eigenvalue weighted by molar-refractivity contribution is 0.242. The van der Waals surface area contributed by atoms with Gasteiger partial charge >= 0.3 is 0 Å². The Labute approximate surface area is 131 Å². The van der Waals surface area contributed by atoms with Gasteiger partial charge in [0, 0.05) is 6.04 Å². The zero-order valence-electron chi connectivity index (χ0n) is 12.8. The smallest absolute Gasteiger partial charge is 0.133 e. The van der Waals surface area contributed by atoms with Crippen molar-refractivity contribution in [3.63, 3.8) is 0 Å². The minimum absolute atomic E-state index is 0.381. The molecular weight excluding hydrogens is 314 g/mol. The third-order valence-corrected chi connectivity index (χ3v) is 5.27. The number of nitrogens with one attached hydrogen (secondary N) is 1. The molecule has 1 aliphatic carbocycles. The molecule has 0 radical (unpaired) electrons. The second-order valence-corrected chi connectivity index (χ2v) is 6.90. The Morgan fingerprint density at radius 1 is 1.35 bits per heavy atom. The van der Waals surface area contributed by atoms with Gasteiger partial charge in [-0.1, -0.05) is 32.3 Å². The first-order valence-electron chi connectivity index (χ1n) is 7.68. The molecule has 0 spiro atoms. The molecule has 1 saturated carbocycles. The summed E-state index contributed by atoms with van der Waals surface area (Å²) in [5, 5.41) is 3.70. The molecular formula is C17H26BrNO. The van der Waals surface area contributed by atoms with E-state index in [1.165, 1.54) is 31.2 Å². The third kappa shape index (κ3) is 3.98. The molecule has 0 amide bonds. The van der Waals surface area contributed by atoms with E-state index in [-0.39, 0.29) is 0 Å². The van der Waals surface area contributed by atoms with Gasteiger partial charge in [-0.15, -0.1) is 0 Å². The van der Waals surface area contributed by atoms with Crippen LogP contribution in [0.1, 0.15) is 51.1 Å². The summed E-state index contributed by atoms with van der Waals surface area (Å²) in [5.74, 6) is 2.60. The minimum atomic E-state index is 0.381. The van der Waals surface area contributed by atoms with Crippen LogP contribution in [0.2, 0.25) is 0 Å². The van der Waals surface area contributed by atoms with Gasteiger partial charge in [0.1, 0.15) is 5.75 Å². The molecule has 3 atom stereocenters. The molecule has 0 bridgehead atoms. The van der Waals surface area contributed by atoms with Crippen molar-refractivity contribution in [2.24, 2.45) is 11.8 Å². The molecule has 3 heteroatoms. The highest BCUT2D eigenvalue weighted by atomic mass is 79.9. The Bertz CT molecular complexity index is 435. The predicted molar refractivity (Wildman–Crippen MR) is 88.2 cm³/mol. The maximum Gasteiger partial charge on any atom is 0.133 e. The molecule has 2 nitrogen and oxygen atoms in total. The molecule has 2 rings (SSSR count). The first kappa shape index (κ1) is 15.8. The number of benzene rings is 1. The van der Waals surface area contributed by atoms with Crippen LogP contribution in [-0.4, -0.2) is 13.7 Å². The van der Waals surface area contributed by atoms with Crippen LogP contribution in [-0.2, 0) is 0 Å². The normalized spacial score (nSPS) is 24.4. The van der Waals surface area contributed by atoms with E-state index >= 15 is 0 Å². The van der Waals surface area contributed by atoms with Crippen molar-refractivity contribution < 1.29 is 4.74 Å².